The average molecular weight is 256 g/mol. The zero-order valence-corrected chi connectivity index (χ0v) is 10.5. The zero-order chi connectivity index (χ0) is 13.8. The van der Waals surface area contributed by atoms with Gasteiger partial charge in [0.15, 0.2) is 0 Å². The van der Waals surface area contributed by atoms with Crippen LogP contribution in [0, 0.1) is 0 Å². The molecular formula is C11H20N4O3. The molecule has 0 radical (unpaired) electrons. The molecule has 7 heteroatoms. The van der Waals surface area contributed by atoms with Gasteiger partial charge in [-0.15, -0.1) is 6.58 Å². The second-order valence-corrected chi connectivity index (χ2v) is 3.51. The van der Waals surface area contributed by atoms with Crippen molar-refractivity contribution >= 4 is 18.2 Å². The van der Waals surface area contributed by atoms with Gasteiger partial charge >= 0.3 is 0 Å². The first-order valence-corrected chi connectivity index (χ1v) is 5.65. The highest BCUT2D eigenvalue weighted by Crippen LogP contribution is 1.92. The van der Waals surface area contributed by atoms with Crippen LogP contribution in [0.25, 0.3) is 0 Å². The summed E-state index contributed by atoms with van der Waals surface area (Å²) in [7, 11) is 1.51. The van der Waals surface area contributed by atoms with Crippen molar-refractivity contribution in [3.8, 4) is 0 Å². The molecule has 0 heterocycles. The zero-order valence-electron chi connectivity index (χ0n) is 10.5. The van der Waals surface area contributed by atoms with Gasteiger partial charge < -0.3 is 21.3 Å². The van der Waals surface area contributed by atoms with Crippen molar-refractivity contribution in [2.45, 2.75) is 12.5 Å². The minimum Gasteiger partial charge on any atom is -0.357 e. The summed E-state index contributed by atoms with van der Waals surface area (Å²) in [5, 5.41) is 10.3. The number of rotatable bonds is 10. The number of amides is 3. The molecule has 0 aromatic heterocycles. The molecule has 0 aliphatic rings. The molecule has 1 unspecified atom stereocenters. The Bertz CT molecular complexity index is 294. The highest BCUT2D eigenvalue weighted by Gasteiger charge is 2.17. The fourth-order valence-electron chi connectivity index (χ4n) is 1.24. The molecule has 1 atom stereocenters. The van der Waals surface area contributed by atoms with Crippen molar-refractivity contribution in [1.29, 1.82) is 0 Å². The van der Waals surface area contributed by atoms with Crippen LogP contribution >= 0.6 is 0 Å². The van der Waals surface area contributed by atoms with Gasteiger partial charge in [-0.05, 0) is 6.42 Å². The fourth-order valence-corrected chi connectivity index (χ4v) is 1.24. The molecular weight excluding hydrogens is 236 g/mol. The average Bonchev–Trinajstić information content (AvgIpc) is 2.37. The third-order valence-electron chi connectivity index (χ3n) is 2.12. The van der Waals surface area contributed by atoms with Crippen molar-refractivity contribution in [3.63, 3.8) is 0 Å². The number of hydrogen-bond acceptors (Lipinski definition) is 4. The van der Waals surface area contributed by atoms with Crippen molar-refractivity contribution in [3.05, 3.63) is 12.7 Å². The largest absolute Gasteiger partial charge is 0.357 e. The van der Waals surface area contributed by atoms with Crippen LogP contribution in [0.2, 0.25) is 0 Å². The van der Waals surface area contributed by atoms with Crippen LogP contribution in [0.5, 0.6) is 0 Å². The molecule has 0 fully saturated rings. The van der Waals surface area contributed by atoms with Crippen LogP contribution in [0.15, 0.2) is 12.7 Å². The maximum absolute atomic E-state index is 11.5. The van der Waals surface area contributed by atoms with Gasteiger partial charge in [-0.1, -0.05) is 6.08 Å². The molecule has 18 heavy (non-hydrogen) atoms. The van der Waals surface area contributed by atoms with Gasteiger partial charge in [0.05, 0.1) is 6.54 Å². The lowest BCUT2D eigenvalue weighted by Crippen LogP contribution is -2.48. The van der Waals surface area contributed by atoms with Crippen molar-refractivity contribution in [2.75, 3.05) is 26.7 Å². The van der Waals surface area contributed by atoms with E-state index in [0.717, 1.165) is 0 Å². The lowest BCUT2D eigenvalue weighted by atomic mass is 10.2. The van der Waals surface area contributed by atoms with E-state index in [0.29, 0.717) is 25.9 Å². The number of likely N-dealkylation sites (N-methyl/N-ethyl adjacent to an activating group) is 1. The third kappa shape index (κ3) is 7.39. The lowest BCUT2D eigenvalue weighted by molar-refractivity contribution is -0.128. The van der Waals surface area contributed by atoms with E-state index in [1.807, 2.05) is 0 Å². The topological polar surface area (TPSA) is 99.3 Å². The SMILES string of the molecule is C=CCC(NC(=O)CNCCNC=O)C(=O)NC. The molecule has 0 rings (SSSR count). The predicted molar refractivity (Wildman–Crippen MR) is 67.7 cm³/mol. The van der Waals surface area contributed by atoms with Crippen LogP contribution in [-0.2, 0) is 14.4 Å². The summed E-state index contributed by atoms with van der Waals surface area (Å²) >= 11 is 0. The molecule has 102 valence electrons. The Morgan fingerprint density at radius 3 is 2.61 bits per heavy atom. The van der Waals surface area contributed by atoms with Crippen LogP contribution in [0.4, 0.5) is 0 Å². The molecule has 0 aliphatic carbocycles. The standard InChI is InChI=1S/C11H20N4O3/c1-3-4-9(11(18)12-2)15-10(17)7-13-5-6-14-8-16/h3,8-9,13H,1,4-7H2,2H3,(H,12,18)(H,14,16)(H,15,17). The second-order valence-electron chi connectivity index (χ2n) is 3.51. The molecule has 3 amide bonds. The quantitative estimate of drug-likeness (QED) is 0.209. The van der Waals surface area contributed by atoms with Crippen LogP contribution in [0.1, 0.15) is 6.42 Å². The Labute approximate surface area is 106 Å². The normalized spacial score (nSPS) is 11.2. The molecule has 7 nitrogen and oxygen atoms in total. The summed E-state index contributed by atoms with van der Waals surface area (Å²) in [5.74, 6) is -0.539. The second kappa shape index (κ2) is 10.3. The minimum atomic E-state index is -0.602. The van der Waals surface area contributed by atoms with Crippen molar-refractivity contribution < 1.29 is 14.4 Å². The highest BCUT2D eigenvalue weighted by molar-refractivity contribution is 5.88. The Kier molecular flexibility index (Phi) is 9.20. The van der Waals surface area contributed by atoms with Gasteiger partial charge in [-0.3, -0.25) is 14.4 Å². The Balaban J connectivity index is 3.91. The molecule has 0 aromatic carbocycles. The molecule has 0 aromatic rings. The summed E-state index contributed by atoms with van der Waals surface area (Å²) in [6.45, 7) is 4.55. The van der Waals surface area contributed by atoms with E-state index in [-0.39, 0.29) is 18.4 Å². The lowest BCUT2D eigenvalue weighted by Gasteiger charge is -2.15. The first-order chi connectivity index (χ1) is 8.65. The van der Waals surface area contributed by atoms with E-state index in [1.165, 1.54) is 7.05 Å². The van der Waals surface area contributed by atoms with Crippen LogP contribution in [0.3, 0.4) is 0 Å². The number of nitrogens with one attached hydrogen (secondary N) is 4. The van der Waals surface area contributed by atoms with Gasteiger partial charge in [0.25, 0.3) is 0 Å². The smallest absolute Gasteiger partial charge is 0.242 e. The highest BCUT2D eigenvalue weighted by atomic mass is 16.2. The number of hydrogen-bond donors (Lipinski definition) is 4. The van der Waals surface area contributed by atoms with Gasteiger partial charge in [0.2, 0.25) is 18.2 Å². The molecule has 0 spiro atoms. The molecule has 0 bridgehead atoms. The molecule has 0 aliphatic heterocycles. The molecule has 4 N–H and O–H groups in total. The van der Waals surface area contributed by atoms with E-state index >= 15 is 0 Å². The van der Waals surface area contributed by atoms with E-state index in [1.54, 1.807) is 6.08 Å². The minimum absolute atomic E-state index is 0.0885. The third-order valence-corrected chi connectivity index (χ3v) is 2.12. The molecule has 0 saturated carbocycles. The summed E-state index contributed by atoms with van der Waals surface area (Å²) in [6, 6.07) is -0.602. The monoisotopic (exact) mass is 256 g/mol. The van der Waals surface area contributed by atoms with Crippen LogP contribution < -0.4 is 21.3 Å². The number of carbonyl (C=O) groups is 3. The van der Waals surface area contributed by atoms with Gasteiger partial charge in [-0.2, -0.15) is 0 Å². The first kappa shape index (κ1) is 16.1. The van der Waals surface area contributed by atoms with E-state index < -0.39 is 6.04 Å². The van der Waals surface area contributed by atoms with Gasteiger partial charge in [0, 0.05) is 20.1 Å². The number of carbonyl (C=O) groups excluding carboxylic acids is 3. The van der Waals surface area contributed by atoms with E-state index in [2.05, 4.69) is 27.8 Å². The maximum Gasteiger partial charge on any atom is 0.242 e. The summed E-state index contributed by atoms with van der Waals surface area (Å²) < 4.78 is 0. The van der Waals surface area contributed by atoms with Crippen molar-refractivity contribution in [2.24, 2.45) is 0 Å². The summed E-state index contributed by atoms with van der Waals surface area (Å²) in [6.07, 6.45) is 2.53. The van der Waals surface area contributed by atoms with Gasteiger partial charge in [0.1, 0.15) is 6.04 Å². The molecule has 0 saturated heterocycles. The Hall–Kier alpha value is -1.89. The van der Waals surface area contributed by atoms with E-state index in [4.69, 9.17) is 0 Å². The fraction of sp³-hybridized carbons (Fsp3) is 0.545. The summed E-state index contributed by atoms with van der Waals surface area (Å²) in [5.41, 5.74) is 0. The first-order valence-electron chi connectivity index (χ1n) is 5.65. The van der Waals surface area contributed by atoms with Crippen molar-refractivity contribution in [1.82, 2.24) is 21.3 Å². The maximum atomic E-state index is 11.5. The Morgan fingerprint density at radius 2 is 2.06 bits per heavy atom. The van der Waals surface area contributed by atoms with Gasteiger partial charge in [-0.25, -0.2) is 0 Å². The van der Waals surface area contributed by atoms with Crippen LogP contribution in [-0.4, -0.2) is 50.9 Å². The van der Waals surface area contributed by atoms with E-state index in [9.17, 15) is 14.4 Å². The predicted octanol–water partition coefficient (Wildman–Crippen LogP) is -1.87. The Morgan fingerprint density at radius 1 is 1.33 bits per heavy atom. The summed E-state index contributed by atoms with van der Waals surface area (Å²) in [4.78, 5) is 32.9.